The normalized spacial score (nSPS) is 15.7. The molecule has 1 N–H and O–H groups in total. The van der Waals surface area contributed by atoms with E-state index in [1.807, 2.05) is 26.5 Å². The van der Waals surface area contributed by atoms with E-state index in [2.05, 4.69) is 69.6 Å². The van der Waals surface area contributed by atoms with Crippen LogP contribution in [0.1, 0.15) is 49.7 Å². The summed E-state index contributed by atoms with van der Waals surface area (Å²) in [7, 11) is 3.66. The number of likely N-dealkylation sites (tertiary alicyclic amines) is 1. The first-order valence-electron chi connectivity index (χ1n) is 11.9. The number of likely N-dealkylation sites (N-methyl/N-ethyl adjacent to an activating group) is 1. The summed E-state index contributed by atoms with van der Waals surface area (Å²) >= 11 is 0. The molecule has 0 unspecified atom stereocenters. The Morgan fingerprint density at radius 2 is 1.97 bits per heavy atom. The van der Waals surface area contributed by atoms with Crippen molar-refractivity contribution < 1.29 is 4.79 Å². The smallest absolute Gasteiger partial charge is 0.236 e. The number of H-pyrrole nitrogens is 1. The summed E-state index contributed by atoms with van der Waals surface area (Å²) in [6.45, 7) is 7.02. The number of pyridine rings is 1. The highest BCUT2D eigenvalue weighted by Gasteiger charge is 2.24. The molecule has 4 aromatic rings. The van der Waals surface area contributed by atoms with Gasteiger partial charge in [0.05, 0.1) is 12.2 Å². The van der Waals surface area contributed by atoms with E-state index in [-0.39, 0.29) is 5.91 Å². The molecule has 1 aliphatic rings. The van der Waals surface area contributed by atoms with Crippen LogP contribution < -0.4 is 0 Å². The minimum absolute atomic E-state index is 0.185. The Hall–Kier alpha value is -3.12. The molecule has 0 bridgehead atoms. The van der Waals surface area contributed by atoms with Crippen molar-refractivity contribution in [1.82, 2.24) is 24.2 Å². The number of hydrogen-bond acceptors (Lipinski definition) is 3. The van der Waals surface area contributed by atoms with Crippen LogP contribution in [0.3, 0.4) is 0 Å². The van der Waals surface area contributed by atoms with Crippen molar-refractivity contribution in [3.05, 3.63) is 60.0 Å². The predicted octanol–water partition coefficient (Wildman–Crippen LogP) is 4.87. The highest BCUT2D eigenvalue weighted by atomic mass is 16.2. The maximum Gasteiger partial charge on any atom is 0.236 e. The molecule has 5 rings (SSSR count). The van der Waals surface area contributed by atoms with E-state index >= 15 is 0 Å². The zero-order valence-corrected chi connectivity index (χ0v) is 20.0. The van der Waals surface area contributed by atoms with Gasteiger partial charge >= 0.3 is 0 Å². The van der Waals surface area contributed by atoms with E-state index in [0.717, 1.165) is 31.6 Å². The molecule has 0 spiro atoms. The number of hydrogen-bond donors (Lipinski definition) is 1. The number of imidazole rings is 1. The zero-order chi connectivity index (χ0) is 23.1. The number of nitrogens with one attached hydrogen (secondary N) is 1. The fourth-order valence-corrected chi connectivity index (χ4v) is 5.14. The monoisotopic (exact) mass is 443 g/mol. The lowest BCUT2D eigenvalue weighted by Crippen LogP contribution is -2.40. The number of carbonyl (C=O) groups excluding carboxylic acids is 1. The quantitative estimate of drug-likeness (QED) is 0.479. The molecule has 0 saturated carbocycles. The van der Waals surface area contributed by atoms with E-state index in [4.69, 9.17) is 0 Å². The minimum Gasteiger partial charge on any atom is -0.354 e. The molecular formula is C27H33N5O. The minimum atomic E-state index is 0.185. The average Bonchev–Trinajstić information content (AvgIpc) is 3.43. The fourth-order valence-electron chi connectivity index (χ4n) is 5.14. The van der Waals surface area contributed by atoms with Gasteiger partial charge in [0.15, 0.2) is 0 Å². The summed E-state index contributed by atoms with van der Waals surface area (Å²) in [5.41, 5.74) is 7.32. The summed E-state index contributed by atoms with van der Waals surface area (Å²) in [5, 5.41) is 1.33. The first-order chi connectivity index (χ1) is 15.9. The Bertz CT molecular complexity index is 1290. The molecule has 1 fully saturated rings. The van der Waals surface area contributed by atoms with Crippen molar-refractivity contribution >= 4 is 22.5 Å². The van der Waals surface area contributed by atoms with Crippen molar-refractivity contribution in [2.24, 2.45) is 0 Å². The third-order valence-corrected chi connectivity index (χ3v) is 7.03. The number of piperidine rings is 1. The number of amides is 1. The lowest BCUT2D eigenvalue weighted by atomic mass is 9.87. The van der Waals surface area contributed by atoms with Crippen molar-refractivity contribution in [2.75, 3.05) is 33.7 Å². The predicted molar refractivity (Wildman–Crippen MR) is 134 cm³/mol. The number of aromatic nitrogens is 3. The molecule has 0 radical (unpaired) electrons. The molecule has 0 aliphatic carbocycles. The molecule has 1 amide bonds. The second-order valence-corrected chi connectivity index (χ2v) is 9.82. The number of rotatable bonds is 5. The van der Waals surface area contributed by atoms with E-state index in [1.165, 1.54) is 33.3 Å². The number of nitrogens with zero attached hydrogens (tertiary/aromatic N) is 4. The molecule has 6 nitrogen and oxygen atoms in total. The van der Waals surface area contributed by atoms with Crippen LogP contribution in [0.5, 0.6) is 0 Å². The van der Waals surface area contributed by atoms with Gasteiger partial charge in [-0.05, 0) is 73.2 Å². The van der Waals surface area contributed by atoms with Crippen LogP contribution in [0.25, 0.3) is 27.8 Å². The third-order valence-electron chi connectivity index (χ3n) is 7.03. The molecule has 33 heavy (non-hydrogen) atoms. The van der Waals surface area contributed by atoms with Crippen LogP contribution in [-0.4, -0.2) is 63.8 Å². The molecule has 172 valence electrons. The highest BCUT2D eigenvalue weighted by molar-refractivity contribution is 5.92. The van der Waals surface area contributed by atoms with Gasteiger partial charge in [-0.2, -0.15) is 0 Å². The Labute approximate surface area is 195 Å². The average molecular weight is 444 g/mol. The molecular weight excluding hydrogens is 410 g/mol. The largest absolute Gasteiger partial charge is 0.354 e. The lowest BCUT2D eigenvalue weighted by Gasteiger charge is -2.32. The summed E-state index contributed by atoms with van der Waals surface area (Å²) < 4.78 is 2.07. The van der Waals surface area contributed by atoms with Crippen molar-refractivity contribution in [3.8, 4) is 11.3 Å². The Kier molecular flexibility index (Phi) is 5.71. The first-order valence-corrected chi connectivity index (χ1v) is 11.9. The van der Waals surface area contributed by atoms with Crippen LogP contribution in [-0.2, 0) is 4.79 Å². The number of benzene rings is 1. The van der Waals surface area contributed by atoms with Crippen LogP contribution in [0.15, 0.2) is 48.9 Å². The van der Waals surface area contributed by atoms with Gasteiger partial charge in [0.2, 0.25) is 5.91 Å². The van der Waals surface area contributed by atoms with E-state index in [1.54, 1.807) is 4.90 Å². The summed E-state index contributed by atoms with van der Waals surface area (Å²) in [5.74, 6) is 1.13. The molecule has 0 atom stereocenters. The van der Waals surface area contributed by atoms with Gasteiger partial charge in [-0.1, -0.05) is 19.9 Å². The number of carbonyl (C=O) groups is 1. The summed E-state index contributed by atoms with van der Waals surface area (Å²) in [6.07, 6.45) is 8.18. The lowest BCUT2D eigenvalue weighted by molar-refractivity contribution is -0.130. The second-order valence-electron chi connectivity index (χ2n) is 9.82. The Morgan fingerprint density at radius 1 is 1.18 bits per heavy atom. The standard InChI is InChI=1S/C27H33N5O/c1-18(2)26-22-15-20(19-9-12-31(13-10-19)17-25(33)30(3)4)5-7-23(22)29-27(26)21-6-8-24-28-11-14-32(24)16-21/h5-8,11,14-16,18-19,29H,9-10,12-13,17H2,1-4H3. The molecule has 6 heteroatoms. The van der Waals surface area contributed by atoms with Gasteiger partial charge in [0, 0.05) is 49.2 Å². The fraction of sp³-hybridized carbons (Fsp3) is 0.407. The van der Waals surface area contributed by atoms with E-state index in [9.17, 15) is 4.79 Å². The van der Waals surface area contributed by atoms with Gasteiger partial charge < -0.3 is 14.3 Å². The summed E-state index contributed by atoms with van der Waals surface area (Å²) in [6, 6.07) is 11.2. The Morgan fingerprint density at radius 3 is 2.70 bits per heavy atom. The van der Waals surface area contributed by atoms with E-state index in [0.29, 0.717) is 18.4 Å². The SMILES string of the molecule is CC(C)c1c(-c2ccc3nccn3c2)[nH]c2ccc(C3CCN(CC(=O)N(C)C)CC3)cc12. The zero-order valence-electron chi connectivity index (χ0n) is 20.0. The molecule has 3 aromatic heterocycles. The van der Waals surface area contributed by atoms with Crippen LogP contribution in [0.4, 0.5) is 0 Å². The first kappa shape index (κ1) is 21.7. The van der Waals surface area contributed by atoms with Crippen LogP contribution in [0, 0.1) is 0 Å². The van der Waals surface area contributed by atoms with Gasteiger partial charge in [0.25, 0.3) is 0 Å². The summed E-state index contributed by atoms with van der Waals surface area (Å²) in [4.78, 5) is 24.1. The molecule has 1 saturated heterocycles. The van der Waals surface area contributed by atoms with Gasteiger partial charge in [-0.25, -0.2) is 4.98 Å². The second kappa shape index (κ2) is 8.67. The van der Waals surface area contributed by atoms with Gasteiger partial charge in [0.1, 0.15) is 5.65 Å². The van der Waals surface area contributed by atoms with Gasteiger partial charge in [-0.3, -0.25) is 9.69 Å². The van der Waals surface area contributed by atoms with Crippen LogP contribution >= 0.6 is 0 Å². The van der Waals surface area contributed by atoms with Crippen molar-refractivity contribution in [3.63, 3.8) is 0 Å². The third kappa shape index (κ3) is 4.15. The van der Waals surface area contributed by atoms with Gasteiger partial charge in [-0.15, -0.1) is 0 Å². The van der Waals surface area contributed by atoms with Crippen molar-refractivity contribution in [2.45, 2.75) is 38.5 Å². The molecule has 1 aliphatic heterocycles. The molecule has 4 heterocycles. The van der Waals surface area contributed by atoms with Crippen LogP contribution in [0.2, 0.25) is 0 Å². The number of aromatic amines is 1. The molecule has 1 aromatic carbocycles. The topological polar surface area (TPSA) is 56.6 Å². The maximum atomic E-state index is 12.1. The number of fused-ring (bicyclic) bond motifs is 2. The maximum absolute atomic E-state index is 12.1. The highest BCUT2D eigenvalue weighted by Crippen LogP contribution is 2.38. The van der Waals surface area contributed by atoms with Crippen molar-refractivity contribution in [1.29, 1.82) is 0 Å². The Balaban J connectivity index is 1.43. The van der Waals surface area contributed by atoms with E-state index < -0.39 is 0 Å².